The zero-order valence-corrected chi connectivity index (χ0v) is 19.0. The number of ether oxygens (including phenoxy) is 1. The number of aliphatic imine (C=N–C) groups is 1. The van der Waals surface area contributed by atoms with E-state index in [-0.39, 0.29) is 35.8 Å². The maximum Gasteiger partial charge on any atom is 0.225 e. The molecule has 0 saturated carbocycles. The molecular formula is C22H29IN4O2. The molecule has 2 aromatic rings. The van der Waals surface area contributed by atoms with Crippen LogP contribution in [0.3, 0.4) is 0 Å². The van der Waals surface area contributed by atoms with Crippen molar-refractivity contribution in [3.8, 4) is 5.75 Å². The van der Waals surface area contributed by atoms with Gasteiger partial charge in [-0.15, -0.1) is 24.0 Å². The van der Waals surface area contributed by atoms with Crippen LogP contribution in [0.2, 0.25) is 0 Å². The van der Waals surface area contributed by atoms with Crippen LogP contribution < -0.4 is 20.7 Å². The van der Waals surface area contributed by atoms with Crippen LogP contribution in [0.25, 0.3) is 0 Å². The fourth-order valence-electron chi connectivity index (χ4n) is 3.19. The molecule has 1 unspecified atom stereocenters. The van der Waals surface area contributed by atoms with Crippen molar-refractivity contribution < 1.29 is 9.53 Å². The lowest BCUT2D eigenvalue weighted by Gasteiger charge is -2.24. The van der Waals surface area contributed by atoms with E-state index in [1.807, 2.05) is 55.5 Å². The van der Waals surface area contributed by atoms with Crippen LogP contribution in [-0.2, 0) is 4.79 Å². The smallest absolute Gasteiger partial charge is 0.225 e. The van der Waals surface area contributed by atoms with E-state index >= 15 is 0 Å². The molecular weight excluding hydrogens is 479 g/mol. The highest BCUT2D eigenvalue weighted by atomic mass is 127. The third-order valence-corrected chi connectivity index (χ3v) is 4.55. The molecule has 1 heterocycles. The van der Waals surface area contributed by atoms with Gasteiger partial charge in [-0.05, 0) is 37.1 Å². The standard InChI is InChI=1S/C22H28N4O2.HI/c1-2-23-22(24-13-8-14-28-18-9-4-3-5-10-18)25-16-17-15-21(27)26-20-12-7-6-11-19(17)20;/h3-7,9-12,17H,2,8,13-16H2,1H3,(H,26,27)(H2,23,24,25);1H. The van der Waals surface area contributed by atoms with E-state index < -0.39 is 0 Å². The molecule has 0 radical (unpaired) electrons. The zero-order chi connectivity index (χ0) is 19.6. The van der Waals surface area contributed by atoms with Gasteiger partial charge in [-0.25, -0.2) is 0 Å². The highest BCUT2D eigenvalue weighted by molar-refractivity contribution is 14.0. The third-order valence-electron chi connectivity index (χ3n) is 4.55. The number of para-hydroxylation sites is 2. The molecule has 0 fully saturated rings. The number of anilines is 1. The van der Waals surface area contributed by atoms with E-state index in [0.29, 0.717) is 19.6 Å². The summed E-state index contributed by atoms with van der Waals surface area (Å²) in [7, 11) is 0. The fraction of sp³-hybridized carbons (Fsp3) is 0.364. The van der Waals surface area contributed by atoms with Gasteiger partial charge in [0.1, 0.15) is 5.75 Å². The molecule has 29 heavy (non-hydrogen) atoms. The lowest BCUT2D eigenvalue weighted by molar-refractivity contribution is -0.116. The minimum atomic E-state index is 0. The Balaban J connectivity index is 0.00000300. The second kappa shape index (κ2) is 12.3. The third kappa shape index (κ3) is 7.23. The predicted octanol–water partition coefficient (Wildman–Crippen LogP) is 3.75. The van der Waals surface area contributed by atoms with E-state index in [1.54, 1.807) is 0 Å². The summed E-state index contributed by atoms with van der Waals surface area (Å²) >= 11 is 0. The Morgan fingerprint density at radius 2 is 1.90 bits per heavy atom. The Labute approximate surface area is 189 Å². The monoisotopic (exact) mass is 508 g/mol. The number of carbonyl (C=O) groups excluding carboxylic acids is 1. The van der Waals surface area contributed by atoms with Crippen molar-refractivity contribution in [2.24, 2.45) is 4.99 Å². The molecule has 1 atom stereocenters. The number of carbonyl (C=O) groups is 1. The van der Waals surface area contributed by atoms with Crippen LogP contribution in [0.5, 0.6) is 5.75 Å². The SMILES string of the molecule is CCNC(=NCC1CC(=O)Nc2ccccc21)NCCCOc1ccccc1.I. The summed E-state index contributed by atoms with van der Waals surface area (Å²) in [6.07, 6.45) is 1.33. The first-order chi connectivity index (χ1) is 13.8. The number of nitrogens with zero attached hydrogens (tertiary/aromatic N) is 1. The van der Waals surface area contributed by atoms with Gasteiger partial charge >= 0.3 is 0 Å². The van der Waals surface area contributed by atoms with Gasteiger partial charge in [-0.3, -0.25) is 9.79 Å². The van der Waals surface area contributed by atoms with E-state index in [1.165, 1.54) is 0 Å². The normalized spacial score (nSPS) is 15.6. The Kier molecular flexibility index (Phi) is 9.76. The van der Waals surface area contributed by atoms with Crippen LogP contribution in [-0.4, -0.2) is 38.1 Å². The molecule has 1 amide bonds. The average molecular weight is 508 g/mol. The average Bonchev–Trinajstić information content (AvgIpc) is 2.72. The molecule has 0 aliphatic carbocycles. The van der Waals surface area contributed by atoms with Gasteiger partial charge in [-0.1, -0.05) is 36.4 Å². The first kappa shape index (κ1) is 23.0. The Hall–Kier alpha value is -2.29. The summed E-state index contributed by atoms with van der Waals surface area (Å²) in [6, 6.07) is 17.8. The van der Waals surface area contributed by atoms with Crippen molar-refractivity contribution in [2.45, 2.75) is 25.7 Å². The van der Waals surface area contributed by atoms with E-state index in [0.717, 1.165) is 42.5 Å². The quantitative estimate of drug-likeness (QED) is 0.220. The predicted molar refractivity (Wildman–Crippen MR) is 128 cm³/mol. The summed E-state index contributed by atoms with van der Waals surface area (Å²) in [6.45, 7) is 4.81. The summed E-state index contributed by atoms with van der Waals surface area (Å²) in [5.41, 5.74) is 2.05. The van der Waals surface area contributed by atoms with Gasteiger partial charge < -0.3 is 20.7 Å². The van der Waals surface area contributed by atoms with Gasteiger partial charge in [0.05, 0.1) is 13.2 Å². The summed E-state index contributed by atoms with van der Waals surface area (Å²) in [4.78, 5) is 16.7. The van der Waals surface area contributed by atoms with Crippen LogP contribution >= 0.6 is 24.0 Å². The van der Waals surface area contributed by atoms with Gasteiger partial charge in [0.15, 0.2) is 5.96 Å². The molecule has 6 nitrogen and oxygen atoms in total. The number of hydrogen-bond acceptors (Lipinski definition) is 3. The Morgan fingerprint density at radius 3 is 2.69 bits per heavy atom. The molecule has 1 aliphatic rings. The number of halogens is 1. The summed E-state index contributed by atoms with van der Waals surface area (Å²) in [5.74, 6) is 1.81. The number of guanidine groups is 1. The lowest BCUT2D eigenvalue weighted by atomic mass is 9.91. The molecule has 3 N–H and O–H groups in total. The number of benzene rings is 2. The van der Waals surface area contributed by atoms with Crippen molar-refractivity contribution in [3.05, 3.63) is 60.2 Å². The number of rotatable bonds is 8. The Morgan fingerprint density at radius 1 is 1.14 bits per heavy atom. The first-order valence-corrected chi connectivity index (χ1v) is 9.85. The number of nitrogens with one attached hydrogen (secondary N) is 3. The second-order valence-electron chi connectivity index (χ2n) is 6.70. The topological polar surface area (TPSA) is 74.8 Å². The van der Waals surface area contributed by atoms with Gasteiger partial charge in [0.25, 0.3) is 0 Å². The van der Waals surface area contributed by atoms with E-state index in [2.05, 4.69) is 22.0 Å². The molecule has 7 heteroatoms. The molecule has 0 bridgehead atoms. The van der Waals surface area contributed by atoms with E-state index in [9.17, 15) is 4.79 Å². The molecule has 1 aliphatic heterocycles. The fourth-order valence-corrected chi connectivity index (χ4v) is 3.19. The van der Waals surface area contributed by atoms with Crippen molar-refractivity contribution in [1.29, 1.82) is 0 Å². The van der Waals surface area contributed by atoms with Crippen molar-refractivity contribution in [3.63, 3.8) is 0 Å². The van der Waals surface area contributed by atoms with Gasteiger partial charge in [0, 0.05) is 31.1 Å². The minimum Gasteiger partial charge on any atom is -0.494 e. The van der Waals surface area contributed by atoms with Gasteiger partial charge in [-0.2, -0.15) is 0 Å². The maximum atomic E-state index is 12.0. The molecule has 0 aromatic heterocycles. The largest absolute Gasteiger partial charge is 0.494 e. The molecule has 2 aromatic carbocycles. The van der Waals surface area contributed by atoms with Crippen LogP contribution in [0.4, 0.5) is 5.69 Å². The number of amides is 1. The van der Waals surface area contributed by atoms with Crippen LogP contribution in [0.1, 0.15) is 31.2 Å². The molecule has 0 spiro atoms. The Bertz CT molecular complexity index is 798. The van der Waals surface area contributed by atoms with Crippen LogP contribution in [0, 0.1) is 0 Å². The molecule has 0 saturated heterocycles. The van der Waals surface area contributed by atoms with Crippen molar-refractivity contribution in [1.82, 2.24) is 10.6 Å². The molecule has 156 valence electrons. The number of fused-ring (bicyclic) bond motifs is 1. The van der Waals surface area contributed by atoms with E-state index in [4.69, 9.17) is 9.73 Å². The van der Waals surface area contributed by atoms with Crippen molar-refractivity contribution in [2.75, 3.05) is 31.6 Å². The van der Waals surface area contributed by atoms with Crippen molar-refractivity contribution >= 4 is 41.5 Å². The molecule has 3 rings (SSSR count). The highest BCUT2D eigenvalue weighted by Gasteiger charge is 2.24. The van der Waals surface area contributed by atoms with Crippen LogP contribution in [0.15, 0.2) is 59.6 Å². The minimum absolute atomic E-state index is 0. The lowest BCUT2D eigenvalue weighted by Crippen LogP contribution is -2.38. The maximum absolute atomic E-state index is 12.0. The first-order valence-electron chi connectivity index (χ1n) is 9.85. The summed E-state index contributed by atoms with van der Waals surface area (Å²) in [5, 5.41) is 9.54. The van der Waals surface area contributed by atoms with Gasteiger partial charge in [0.2, 0.25) is 5.91 Å². The second-order valence-corrected chi connectivity index (χ2v) is 6.70. The number of hydrogen-bond donors (Lipinski definition) is 3. The summed E-state index contributed by atoms with van der Waals surface area (Å²) < 4.78 is 5.71. The highest BCUT2D eigenvalue weighted by Crippen LogP contribution is 2.31. The zero-order valence-electron chi connectivity index (χ0n) is 16.7.